The quantitative estimate of drug-likeness (QED) is 0.128. The highest BCUT2D eigenvalue weighted by Gasteiger charge is 2.49. The van der Waals surface area contributed by atoms with Crippen LogP contribution in [0, 0.1) is 29.2 Å². The Morgan fingerprint density at radius 1 is 0.347 bits per heavy atom. The Hall–Kier alpha value is -10.3. The maximum Gasteiger partial charge on any atom is 0.256 e. The lowest BCUT2D eigenvalue weighted by Gasteiger charge is -2.45. The molecule has 0 bridgehead atoms. The lowest BCUT2D eigenvalue weighted by Crippen LogP contribution is -2.65. The molecule has 342 valence electrons. The molecule has 0 spiro atoms. The van der Waals surface area contributed by atoms with Gasteiger partial charge in [0.15, 0.2) is 5.69 Å². The fourth-order valence-corrected chi connectivity index (χ4v) is 12.9. The molecule has 0 saturated carbocycles. The Morgan fingerprint density at radius 3 is 1.20 bits per heavy atom. The number of hydrogen-bond acceptors (Lipinski definition) is 8. The van der Waals surface area contributed by atoms with Gasteiger partial charge >= 0.3 is 0 Å². The summed E-state index contributed by atoms with van der Waals surface area (Å²) in [5.74, 6) is 4.11. The second-order valence-electron chi connectivity index (χ2n) is 19.6. The molecule has 6 heterocycles. The fourth-order valence-electron chi connectivity index (χ4n) is 12.9. The second-order valence-corrected chi connectivity index (χ2v) is 19.6. The summed E-state index contributed by atoms with van der Waals surface area (Å²) in [6.07, 6.45) is 0. The van der Waals surface area contributed by atoms with E-state index in [0.717, 1.165) is 112 Å². The van der Waals surface area contributed by atoms with E-state index < -0.39 is 0 Å². The summed E-state index contributed by atoms with van der Waals surface area (Å²) < 4.78 is 20.8. The molecule has 12 heteroatoms. The van der Waals surface area contributed by atoms with Crippen LogP contribution in [0.15, 0.2) is 200 Å². The molecule has 0 unspecified atom stereocenters. The van der Waals surface area contributed by atoms with Gasteiger partial charge in [-0.15, -0.1) is 0 Å². The van der Waals surface area contributed by atoms with Crippen LogP contribution in [0.4, 0.5) is 56.9 Å². The summed E-state index contributed by atoms with van der Waals surface area (Å²) in [5.41, 5.74) is 19.0. The van der Waals surface area contributed by atoms with Gasteiger partial charge in [0.1, 0.15) is 34.5 Å². The Kier molecular flexibility index (Phi) is 8.45. The van der Waals surface area contributed by atoms with E-state index in [-0.39, 0.29) is 20.1 Å². The van der Waals surface area contributed by atoms with Crippen molar-refractivity contribution in [1.82, 2.24) is 0 Å². The first kappa shape index (κ1) is 41.3. The normalized spacial score (nSPS) is 13.7. The van der Waals surface area contributed by atoms with Gasteiger partial charge in [0.25, 0.3) is 20.1 Å². The van der Waals surface area contributed by atoms with Crippen molar-refractivity contribution >= 4 is 126 Å². The summed E-state index contributed by atoms with van der Waals surface area (Å²) in [6, 6.07) is 73.2. The highest BCUT2D eigenvalue weighted by atomic mass is 16.5. The van der Waals surface area contributed by atoms with Gasteiger partial charge in [0.05, 0.1) is 29.8 Å². The molecule has 10 aromatic rings. The minimum absolute atomic E-state index is 0.249. The van der Waals surface area contributed by atoms with Gasteiger partial charge in [-0.3, -0.25) is 0 Å². The molecule has 0 amide bonds. The fraction of sp³-hybridized carbons (Fsp3) is 0. The maximum absolute atomic E-state index is 10.8. The van der Waals surface area contributed by atoms with Crippen molar-refractivity contribution in [2.24, 2.45) is 0 Å². The molecule has 6 aliphatic rings. The third-order valence-corrected chi connectivity index (χ3v) is 15.8. The summed E-state index contributed by atoms with van der Waals surface area (Å²) in [7, 11) is 0. The summed E-state index contributed by atoms with van der Waals surface area (Å²) in [6.45, 7) is 7.33. The SMILES string of the molecule is [C-]#[N+]c1cc2c3c(c1)N(c1ccccc1)c1cc4c(cc1B3c1ccccc1O2)B1c2cc3c(cc2N(c2ccccc2)c2cc(C#N)cc(c21)O4)N(c1ccccc1)c1cc(C#N)cc2c1B3c1ccccc1O2. The molecule has 6 aliphatic heterocycles. The van der Waals surface area contributed by atoms with Crippen molar-refractivity contribution in [3.63, 3.8) is 0 Å². The zero-order valence-electron chi connectivity index (χ0n) is 39.7. The Balaban J connectivity index is 1.02. The number of anilines is 9. The molecule has 0 saturated heterocycles. The molecule has 0 N–H and O–H groups in total. The monoisotopic (exact) mass is 954 g/mol. The second kappa shape index (κ2) is 15.3. The van der Waals surface area contributed by atoms with Gasteiger partial charge in [0.2, 0.25) is 0 Å². The molecular formula is C63H33B3N6O3. The molecule has 75 heavy (non-hydrogen) atoms. The van der Waals surface area contributed by atoms with Crippen LogP contribution < -0.4 is 78.1 Å². The highest BCUT2D eigenvalue weighted by molar-refractivity contribution is 7.03. The Labute approximate surface area is 432 Å². The van der Waals surface area contributed by atoms with Crippen molar-refractivity contribution in [2.75, 3.05) is 14.7 Å². The van der Waals surface area contributed by atoms with E-state index in [0.29, 0.717) is 39.8 Å². The van der Waals surface area contributed by atoms with E-state index in [1.807, 2.05) is 115 Å². The first-order chi connectivity index (χ1) is 37.0. The lowest BCUT2D eigenvalue weighted by molar-refractivity contribution is 0.487. The highest BCUT2D eigenvalue weighted by Crippen LogP contribution is 2.49. The van der Waals surface area contributed by atoms with Crippen molar-refractivity contribution in [3.8, 4) is 46.6 Å². The summed E-state index contributed by atoms with van der Waals surface area (Å²) in [4.78, 5) is 10.8. The van der Waals surface area contributed by atoms with Gasteiger partial charge in [-0.05, 0) is 140 Å². The van der Waals surface area contributed by atoms with E-state index in [2.05, 4.69) is 117 Å². The zero-order chi connectivity index (χ0) is 49.6. The minimum Gasteiger partial charge on any atom is -0.460 e. The van der Waals surface area contributed by atoms with E-state index in [4.69, 9.17) is 20.8 Å². The first-order valence-corrected chi connectivity index (χ1v) is 24.9. The van der Waals surface area contributed by atoms with Crippen molar-refractivity contribution in [3.05, 3.63) is 223 Å². The number of rotatable bonds is 3. The molecular weight excluding hydrogens is 921 g/mol. The van der Waals surface area contributed by atoms with Crippen LogP contribution in [-0.2, 0) is 0 Å². The molecule has 0 aromatic heterocycles. The molecule has 9 nitrogen and oxygen atoms in total. The van der Waals surface area contributed by atoms with Crippen LogP contribution in [0.1, 0.15) is 11.1 Å². The number of benzene rings is 10. The standard InChI is InChI=1S/C63H33B3N6O3/c1-69-39-29-54-63-60(30-39)74-56-24-14-12-22-44(56)65(63)47-32-48-57(34-51(47)72(54)42-19-9-4-10-20-42)75-59-28-38(36-68)26-53-62(59)66(48)46-31-45-49(33-50(46)71(53)41-17-7-3-8-18-41)70(40-15-5-2-6-16-40)52-25-37(35-67)27-58-61(52)64(45)43-21-11-13-23-55(43)73-58/h2-34H. The lowest BCUT2D eigenvalue weighted by atomic mass is 9.29. The van der Waals surface area contributed by atoms with Crippen LogP contribution >= 0.6 is 0 Å². The predicted octanol–water partition coefficient (Wildman–Crippen LogP) is 9.20. The van der Waals surface area contributed by atoms with Crippen LogP contribution in [0.2, 0.25) is 0 Å². The molecule has 0 radical (unpaired) electrons. The van der Waals surface area contributed by atoms with Crippen molar-refractivity contribution < 1.29 is 14.2 Å². The third-order valence-electron chi connectivity index (χ3n) is 15.8. The smallest absolute Gasteiger partial charge is 0.256 e. The van der Waals surface area contributed by atoms with Crippen LogP contribution in [0.3, 0.4) is 0 Å². The van der Waals surface area contributed by atoms with Gasteiger partial charge in [-0.2, -0.15) is 10.5 Å². The zero-order valence-corrected chi connectivity index (χ0v) is 39.7. The van der Waals surface area contributed by atoms with E-state index in [1.54, 1.807) is 0 Å². The van der Waals surface area contributed by atoms with Crippen LogP contribution in [-0.4, -0.2) is 20.1 Å². The van der Waals surface area contributed by atoms with Gasteiger partial charge in [0, 0.05) is 57.3 Å². The number of para-hydroxylation sites is 5. The van der Waals surface area contributed by atoms with E-state index >= 15 is 0 Å². The van der Waals surface area contributed by atoms with Crippen LogP contribution in [0.25, 0.3) is 4.85 Å². The number of nitrogens with zero attached hydrogens (tertiary/aromatic N) is 6. The number of hydrogen-bond donors (Lipinski definition) is 0. The van der Waals surface area contributed by atoms with Gasteiger partial charge in [-0.25, -0.2) is 4.85 Å². The largest absolute Gasteiger partial charge is 0.460 e. The number of fused-ring (bicyclic) bond motifs is 12. The number of nitriles is 2. The third kappa shape index (κ3) is 5.72. The Morgan fingerprint density at radius 2 is 0.733 bits per heavy atom. The minimum atomic E-state index is -0.371. The van der Waals surface area contributed by atoms with Gasteiger partial charge < -0.3 is 28.9 Å². The molecule has 0 aliphatic carbocycles. The first-order valence-electron chi connectivity index (χ1n) is 24.9. The molecule has 0 atom stereocenters. The topological polar surface area (TPSA) is 89.4 Å². The maximum atomic E-state index is 10.8. The molecule has 0 fully saturated rings. The average Bonchev–Trinajstić information content (AvgIpc) is 3.56. The molecule has 16 rings (SSSR count). The number of ether oxygens (including phenoxy) is 3. The van der Waals surface area contributed by atoms with Crippen molar-refractivity contribution in [2.45, 2.75) is 0 Å². The van der Waals surface area contributed by atoms with Crippen molar-refractivity contribution in [1.29, 1.82) is 10.5 Å². The van der Waals surface area contributed by atoms with Gasteiger partial charge in [-0.1, -0.05) is 103 Å². The predicted molar refractivity (Wildman–Crippen MR) is 300 cm³/mol. The van der Waals surface area contributed by atoms with E-state index in [1.165, 1.54) is 0 Å². The summed E-state index contributed by atoms with van der Waals surface area (Å²) in [5, 5.41) is 21.4. The average molecular weight is 954 g/mol. The van der Waals surface area contributed by atoms with E-state index in [9.17, 15) is 10.5 Å². The van der Waals surface area contributed by atoms with Crippen LogP contribution in [0.5, 0.6) is 34.5 Å². The Bertz CT molecular complexity index is 4330. The summed E-state index contributed by atoms with van der Waals surface area (Å²) >= 11 is 0. The molecule has 10 aromatic carbocycles.